The number of thiazole rings is 1. The van der Waals surface area contributed by atoms with Crippen LogP contribution in [0.5, 0.6) is 0 Å². The maximum absolute atomic E-state index is 11.3. The number of aromatic nitrogens is 2. The molecule has 108 valence electrons. The van der Waals surface area contributed by atoms with Gasteiger partial charge in [-0.3, -0.25) is 4.98 Å². The van der Waals surface area contributed by atoms with Gasteiger partial charge in [-0.05, 0) is 18.9 Å². The third-order valence-electron chi connectivity index (χ3n) is 3.25. The zero-order valence-electron chi connectivity index (χ0n) is 11.1. The van der Waals surface area contributed by atoms with Crippen molar-refractivity contribution >= 4 is 36.7 Å². The summed E-state index contributed by atoms with van der Waals surface area (Å²) in [5.74, 6) is 0. The largest absolute Gasteiger partial charge is 0.346 e. The smallest absolute Gasteiger partial charge is 0.209 e. The lowest BCUT2D eigenvalue weighted by Crippen LogP contribution is -2.47. The molecule has 1 saturated heterocycles. The standard InChI is InChI=1S/C12H16N4O2S2/c1-20(17,18)15-9-3-2-6-16(8-9)12-14-10-7-13-5-4-11(10)19-12/h4-5,7,9,15H,2-3,6,8H2,1H3. The second kappa shape index (κ2) is 5.27. The molecule has 0 amide bonds. The van der Waals surface area contributed by atoms with E-state index in [9.17, 15) is 8.42 Å². The molecule has 1 unspecified atom stereocenters. The third-order valence-corrected chi connectivity index (χ3v) is 5.11. The first kappa shape index (κ1) is 13.7. The Morgan fingerprint density at radius 3 is 3.10 bits per heavy atom. The fraction of sp³-hybridized carbons (Fsp3) is 0.500. The summed E-state index contributed by atoms with van der Waals surface area (Å²) in [5.41, 5.74) is 0.894. The van der Waals surface area contributed by atoms with Crippen LogP contribution in [-0.2, 0) is 10.0 Å². The molecule has 0 aliphatic carbocycles. The highest BCUT2D eigenvalue weighted by atomic mass is 32.2. The Morgan fingerprint density at radius 1 is 1.50 bits per heavy atom. The molecule has 3 heterocycles. The van der Waals surface area contributed by atoms with Gasteiger partial charge in [-0.1, -0.05) is 11.3 Å². The van der Waals surface area contributed by atoms with Crippen LogP contribution in [0.2, 0.25) is 0 Å². The van der Waals surface area contributed by atoms with Crippen LogP contribution >= 0.6 is 11.3 Å². The normalized spacial score (nSPS) is 20.4. The molecule has 0 bridgehead atoms. The molecule has 2 aromatic heterocycles. The maximum Gasteiger partial charge on any atom is 0.209 e. The fourth-order valence-electron chi connectivity index (χ4n) is 2.45. The van der Waals surface area contributed by atoms with Gasteiger partial charge in [0.1, 0.15) is 5.52 Å². The van der Waals surface area contributed by atoms with Gasteiger partial charge in [0.25, 0.3) is 0 Å². The van der Waals surface area contributed by atoms with E-state index >= 15 is 0 Å². The van der Waals surface area contributed by atoms with Crippen LogP contribution < -0.4 is 9.62 Å². The van der Waals surface area contributed by atoms with Crippen molar-refractivity contribution in [2.75, 3.05) is 24.2 Å². The highest BCUT2D eigenvalue weighted by Crippen LogP contribution is 2.29. The molecule has 1 aliphatic heterocycles. The number of hydrogen-bond acceptors (Lipinski definition) is 6. The first-order valence-electron chi connectivity index (χ1n) is 6.44. The number of nitrogens with zero attached hydrogens (tertiary/aromatic N) is 3. The van der Waals surface area contributed by atoms with Gasteiger partial charge in [-0.25, -0.2) is 18.1 Å². The molecule has 8 heteroatoms. The van der Waals surface area contributed by atoms with Crippen molar-refractivity contribution in [1.29, 1.82) is 0 Å². The first-order valence-corrected chi connectivity index (χ1v) is 9.15. The van der Waals surface area contributed by atoms with Crippen molar-refractivity contribution in [3.05, 3.63) is 18.5 Å². The molecule has 1 fully saturated rings. The molecule has 0 radical (unpaired) electrons. The van der Waals surface area contributed by atoms with Crippen LogP contribution in [0.25, 0.3) is 10.2 Å². The average Bonchev–Trinajstić information content (AvgIpc) is 2.80. The van der Waals surface area contributed by atoms with Crippen LogP contribution in [0.15, 0.2) is 18.5 Å². The number of fused-ring (bicyclic) bond motifs is 1. The molecule has 1 N–H and O–H groups in total. The highest BCUT2D eigenvalue weighted by molar-refractivity contribution is 7.88. The SMILES string of the molecule is CS(=O)(=O)NC1CCCN(c2nc3cnccc3s2)C1. The van der Waals surface area contributed by atoms with E-state index in [1.807, 2.05) is 6.07 Å². The molecule has 0 spiro atoms. The Balaban J connectivity index is 1.79. The Labute approximate surface area is 121 Å². The zero-order valence-corrected chi connectivity index (χ0v) is 12.7. The molecule has 2 aromatic rings. The summed E-state index contributed by atoms with van der Waals surface area (Å²) >= 11 is 1.62. The van der Waals surface area contributed by atoms with E-state index in [1.54, 1.807) is 23.7 Å². The van der Waals surface area contributed by atoms with Gasteiger partial charge >= 0.3 is 0 Å². The van der Waals surface area contributed by atoms with Gasteiger partial charge in [-0.15, -0.1) is 0 Å². The molecule has 6 nitrogen and oxygen atoms in total. The van der Waals surface area contributed by atoms with Gasteiger partial charge in [0.15, 0.2) is 5.13 Å². The number of hydrogen-bond donors (Lipinski definition) is 1. The Bertz CT molecular complexity index is 680. The van der Waals surface area contributed by atoms with Gasteiger partial charge in [-0.2, -0.15) is 0 Å². The lowest BCUT2D eigenvalue weighted by molar-refractivity contribution is 0.467. The van der Waals surface area contributed by atoms with Gasteiger partial charge in [0.2, 0.25) is 10.0 Å². The summed E-state index contributed by atoms with van der Waals surface area (Å²) in [6, 6.07) is 1.91. The zero-order chi connectivity index (χ0) is 14.2. The van der Waals surface area contributed by atoms with E-state index in [-0.39, 0.29) is 6.04 Å². The first-order chi connectivity index (χ1) is 9.51. The molecular formula is C12H16N4O2S2. The summed E-state index contributed by atoms with van der Waals surface area (Å²) in [5, 5.41) is 0.938. The Morgan fingerprint density at radius 2 is 2.35 bits per heavy atom. The van der Waals surface area contributed by atoms with Crippen molar-refractivity contribution in [2.45, 2.75) is 18.9 Å². The van der Waals surface area contributed by atoms with E-state index in [1.165, 1.54) is 6.26 Å². The third kappa shape index (κ3) is 3.08. The van der Waals surface area contributed by atoms with Crippen molar-refractivity contribution in [3.8, 4) is 0 Å². The molecule has 1 atom stereocenters. The monoisotopic (exact) mass is 312 g/mol. The number of rotatable bonds is 3. The Hall–Kier alpha value is -1.25. The molecule has 0 aromatic carbocycles. The molecule has 1 aliphatic rings. The summed E-state index contributed by atoms with van der Waals surface area (Å²) in [6.45, 7) is 1.58. The maximum atomic E-state index is 11.3. The minimum atomic E-state index is -3.16. The van der Waals surface area contributed by atoms with E-state index < -0.39 is 10.0 Å². The number of sulfonamides is 1. The summed E-state index contributed by atoms with van der Waals surface area (Å²) in [7, 11) is -3.16. The summed E-state index contributed by atoms with van der Waals surface area (Å²) in [4.78, 5) is 10.8. The molecule has 20 heavy (non-hydrogen) atoms. The molecule has 3 rings (SSSR count). The van der Waals surface area contributed by atoms with Crippen LogP contribution in [0, 0.1) is 0 Å². The van der Waals surface area contributed by atoms with Crippen LogP contribution in [0.1, 0.15) is 12.8 Å². The number of pyridine rings is 1. The number of anilines is 1. The van der Waals surface area contributed by atoms with Crippen molar-refractivity contribution < 1.29 is 8.42 Å². The minimum absolute atomic E-state index is 0.0381. The van der Waals surface area contributed by atoms with E-state index in [2.05, 4.69) is 19.6 Å². The van der Waals surface area contributed by atoms with Gasteiger partial charge in [0, 0.05) is 25.3 Å². The van der Waals surface area contributed by atoms with Crippen molar-refractivity contribution in [1.82, 2.24) is 14.7 Å². The van der Waals surface area contributed by atoms with Crippen LogP contribution in [-0.4, -0.2) is 43.8 Å². The second-order valence-electron chi connectivity index (χ2n) is 5.02. The quantitative estimate of drug-likeness (QED) is 0.922. The minimum Gasteiger partial charge on any atom is -0.346 e. The van der Waals surface area contributed by atoms with Gasteiger partial charge < -0.3 is 4.90 Å². The van der Waals surface area contributed by atoms with Gasteiger partial charge in [0.05, 0.1) is 17.2 Å². The van der Waals surface area contributed by atoms with Crippen molar-refractivity contribution in [2.24, 2.45) is 0 Å². The molecular weight excluding hydrogens is 296 g/mol. The van der Waals surface area contributed by atoms with E-state index in [0.717, 1.165) is 34.7 Å². The average molecular weight is 312 g/mol. The highest BCUT2D eigenvalue weighted by Gasteiger charge is 2.24. The Kier molecular flexibility index (Phi) is 3.61. The summed E-state index contributed by atoms with van der Waals surface area (Å²) < 4.78 is 26.5. The topological polar surface area (TPSA) is 75.2 Å². The lowest BCUT2D eigenvalue weighted by atomic mass is 10.1. The molecule has 0 saturated carbocycles. The van der Waals surface area contributed by atoms with Crippen molar-refractivity contribution in [3.63, 3.8) is 0 Å². The lowest BCUT2D eigenvalue weighted by Gasteiger charge is -2.32. The predicted octanol–water partition coefficient (Wildman–Crippen LogP) is 1.21. The number of nitrogens with one attached hydrogen (secondary N) is 1. The number of piperidine rings is 1. The van der Waals surface area contributed by atoms with E-state index in [0.29, 0.717) is 6.54 Å². The fourth-order valence-corrected chi connectivity index (χ4v) is 4.22. The summed E-state index contributed by atoms with van der Waals surface area (Å²) in [6.07, 6.45) is 6.55. The predicted molar refractivity (Wildman–Crippen MR) is 80.6 cm³/mol. The van der Waals surface area contributed by atoms with Crippen LogP contribution in [0.4, 0.5) is 5.13 Å². The van der Waals surface area contributed by atoms with E-state index in [4.69, 9.17) is 0 Å². The second-order valence-corrected chi connectivity index (χ2v) is 7.80. The van der Waals surface area contributed by atoms with Crippen LogP contribution in [0.3, 0.4) is 0 Å².